The first-order valence-electron chi connectivity index (χ1n) is 11.2. The van der Waals surface area contributed by atoms with E-state index in [9.17, 15) is 14.7 Å². The van der Waals surface area contributed by atoms with E-state index in [1.807, 2.05) is 59.5 Å². The van der Waals surface area contributed by atoms with Crippen molar-refractivity contribution in [2.45, 2.75) is 19.0 Å². The van der Waals surface area contributed by atoms with Crippen LogP contribution in [-0.4, -0.2) is 27.1 Å². The number of hydrogen-bond acceptors (Lipinski definition) is 5. The molecule has 2 atom stereocenters. The molecule has 1 fully saturated rings. The Bertz CT molecular complexity index is 1440. The molecule has 0 radical (unpaired) electrons. The number of benzene rings is 2. The van der Waals surface area contributed by atoms with Crippen molar-refractivity contribution in [3.63, 3.8) is 0 Å². The molecule has 0 spiro atoms. The van der Waals surface area contributed by atoms with Crippen LogP contribution in [0.2, 0.25) is 0 Å². The Labute approximate surface area is 212 Å². The van der Waals surface area contributed by atoms with Gasteiger partial charge < -0.3 is 25.1 Å². The number of rotatable bonds is 6. The van der Waals surface area contributed by atoms with Crippen LogP contribution in [0.5, 0.6) is 0 Å². The molecule has 4 aromatic rings. The van der Waals surface area contributed by atoms with Gasteiger partial charge in [0.15, 0.2) is 5.11 Å². The second-order valence-corrected chi connectivity index (χ2v) is 8.70. The van der Waals surface area contributed by atoms with Crippen LogP contribution in [0.3, 0.4) is 0 Å². The van der Waals surface area contributed by atoms with Crippen molar-refractivity contribution < 1.29 is 19.1 Å². The van der Waals surface area contributed by atoms with E-state index in [2.05, 4.69) is 15.6 Å². The molecule has 1 amide bonds. The number of nitrogens with zero attached hydrogens (tertiary/aromatic N) is 2. The molecular formula is C27H22N4O4S. The molecular weight excluding hydrogens is 476 g/mol. The number of anilines is 2. The highest BCUT2D eigenvalue weighted by Gasteiger charge is 2.42. The second-order valence-electron chi connectivity index (χ2n) is 8.31. The molecule has 8 nitrogen and oxygen atoms in total. The average Bonchev–Trinajstić information content (AvgIpc) is 3.49. The van der Waals surface area contributed by atoms with E-state index in [4.69, 9.17) is 16.6 Å². The summed E-state index contributed by atoms with van der Waals surface area (Å²) in [5.74, 6) is 0.0358. The van der Waals surface area contributed by atoms with Gasteiger partial charge in [-0.15, -0.1) is 0 Å². The van der Waals surface area contributed by atoms with E-state index in [0.717, 1.165) is 11.4 Å². The van der Waals surface area contributed by atoms with Crippen LogP contribution in [-0.2, 0) is 4.79 Å². The van der Waals surface area contributed by atoms with Gasteiger partial charge in [-0.3, -0.25) is 9.78 Å². The maximum atomic E-state index is 11.4. The smallest absolute Gasteiger partial charge is 0.335 e. The highest BCUT2D eigenvalue weighted by molar-refractivity contribution is 7.80. The fraction of sp³-hybridized carbons (Fsp3) is 0.111. The lowest BCUT2D eigenvalue weighted by molar-refractivity contribution is -0.114. The third-order valence-corrected chi connectivity index (χ3v) is 6.19. The van der Waals surface area contributed by atoms with Crippen molar-refractivity contribution in [2.24, 2.45) is 0 Å². The standard InChI is InChI=1S/C27H22N4O4S/c1-16(32)29-19-8-10-20(11-9-19)31-25(24(30-27(31)36)21-7-2-3-14-28-21)23-13-12-22(35-23)17-5-4-6-18(15-17)26(33)34/h2-15,24-25H,1H3,(H,29,32)(H,30,36)(H,33,34)/t24-,25-/m1/s1. The number of furan rings is 1. The van der Waals surface area contributed by atoms with E-state index in [0.29, 0.717) is 27.9 Å². The zero-order valence-electron chi connectivity index (χ0n) is 19.2. The first-order valence-corrected chi connectivity index (χ1v) is 11.6. The van der Waals surface area contributed by atoms with Crippen LogP contribution in [0.15, 0.2) is 89.5 Å². The van der Waals surface area contributed by atoms with Gasteiger partial charge in [-0.2, -0.15) is 0 Å². The highest BCUT2D eigenvalue weighted by atomic mass is 32.1. The van der Waals surface area contributed by atoms with E-state index in [-0.39, 0.29) is 23.6 Å². The zero-order chi connectivity index (χ0) is 25.2. The summed E-state index contributed by atoms with van der Waals surface area (Å²) < 4.78 is 6.30. The van der Waals surface area contributed by atoms with Crippen molar-refractivity contribution >= 4 is 40.6 Å². The highest BCUT2D eigenvalue weighted by Crippen LogP contribution is 2.43. The predicted octanol–water partition coefficient (Wildman–Crippen LogP) is 5.18. The fourth-order valence-corrected chi connectivity index (χ4v) is 4.65. The van der Waals surface area contributed by atoms with Crippen molar-refractivity contribution in [3.8, 4) is 11.3 Å². The Kier molecular flexibility index (Phi) is 6.22. The minimum atomic E-state index is -1.00. The summed E-state index contributed by atoms with van der Waals surface area (Å²) in [7, 11) is 0. The normalized spacial score (nSPS) is 17.0. The molecule has 1 saturated heterocycles. The van der Waals surface area contributed by atoms with Crippen LogP contribution in [0.1, 0.15) is 40.8 Å². The molecule has 36 heavy (non-hydrogen) atoms. The molecule has 0 unspecified atom stereocenters. The number of pyridine rings is 1. The van der Waals surface area contributed by atoms with Gasteiger partial charge >= 0.3 is 5.97 Å². The Balaban J connectivity index is 1.55. The number of carboxylic acid groups (broad SMARTS) is 1. The molecule has 180 valence electrons. The predicted molar refractivity (Wildman–Crippen MR) is 140 cm³/mol. The number of nitrogens with one attached hydrogen (secondary N) is 2. The van der Waals surface area contributed by atoms with Gasteiger partial charge in [0.2, 0.25) is 5.91 Å². The van der Waals surface area contributed by atoms with Crippen LogP contribution in [0.25, 0.3) is 11.3 Å². The molecule has 3 heterocycles. The Morgan fingerprint density at radius 2 is 1.86 bits per heavy atom. The number of carbonyl (C=O) groups is 2. The molecule has 5 rings (SSSR count). The summed E-state index contributed by atoms with van der Waals surface area (Å²) >= 11 is 5.74. The van der Waals surface area contributed by atoms with Gasteiger partial charge in [-0.05, 0) is 72.9 Å². The number of amides is 1. The van der Waals surface area contributed by atoms with E-state index < -0.39 is 5.97 Å². The number of carbonyl (C=O) groups excluding carboxylic acids is 1. The second kappa shape index (κ2) is 9.63. The number of aromatic carboxylic acids is 1. The van der Waals surface area contributed by atoms with Crippen molar-refractivity contribution in [1.82, 2.24) is 10.3 Å². The average molecular weight is 499 g/mol. The van der Waals surface area contributed by atoms with E-state index in [1.165, 1.54) is 6.92 Å². The van der Waals surface area contributed by atoms with Gasteiger partial charge in [-0.1, -0.05) is 18.2 Å². The molecule has 0 saturated carbocycles. The molecule has 0 bridgehead atoms. The van der Waals surface area contributed by atoms with Gasteiger partial charge in [0.1, 0.15) is 17.6 Å². The molecule has 0 aliphatic carbocycles. The zero-order valence-corrected chi connectivity index (χ0v) is 20.0. The Morgan fingerprint density at radius 1 is 1.06 bits per heavy atom. The summed E-state index contributed by atoms with van der Waals surface area (Å²) in [5.41, 5.74) is 3.14. The monoisotopic (exact) mass is 498 g/mol. The third kappa shape index (κ3) is 4.56. The lowest BCUT2D eigenvalue weighted by Crippen LogP contribution is -2.29. The third-order valence-electron chi connectivity index (χ3n) is 5.88. The Morgan fingerprint density at radius 3 is 2.56 bits per heavy atom. The van der Waals surface area contributed by atoms with E-state index >= 15 is 0 Å². The van der Waals surface area contributed by atoms with Gasteiger partial charge in [0.25, 0.3) is 0 Å². The first-order chi connectivity index (χ1) is 17.4. The topological polar surface area (TPSA) is 108 Å². The lowest BCUT2D eigenvalue weighted by Gasteiger charge is -2.26. The summed E-state index contributed by atoms with van der Waals surface area (Å²) in [6, 6.07) is 22.7. The summed E-state index contributed by atoms with van der Waals surface area (Å²) in [6.45, 7) is 1.46. The van der Waals surface area contributed by atoms with Gasteiger partial charge in [0.05, 0.1) is 17.3 Å². The maximum Gasteiger partial charge on any atom is 0.335 e. The number of hydrogen-bond donors (Lipinski definition) is 3. The van der Waals surface area contributed by atoms with Gasteiger partial charge in [-0.25, -0.2) is 4.79 Å². The van der Waals surface area contributed by atoms with Gasteiger partial charge in [0, 0.05) is 30.1 Å². The number of aromatic nitrogens is 1. The first kappa shape index (κ1) is 23.3. The SMILES string of the molecule is CC(=O)Nc1ccc(N2C(=S)N[C@H](c3ccccn3)[C@H]2c2ccc(-c3cccc(C(=O)O)c3)o2)cc1. The maximum absolute atomic E-state index is 11.4. The molecule has 1 aliphatic heterocycles. The van der Waals surface area contributed by atoms with Crippen molar-refractivity contribution in [3.05, 3.63) is 102 Å². The summed E-state index contributed by atoms with van der Waals surface area (Å²) in [5, 5.41) is 16.0. The lowest BCUT2D eigenvalue weighted by atomic mass is 10.0. The largest absolute Gasteiger partial charge is 0.478 e. The van der Waals surface area contributed by atoms with Crippen molar-refractivity contribution in [2.75, 3.05) is 10.2 Å². The number of carboxylic acids is 1. The van der Waals surface area contributed by atoms with E-state index in [1.54, 1.807) is 30.5 Å². The molecule has 1 aliphatic rings. The van der Waals surface area contributed by atoms with Crippen LogP contribution in [0.4, 0.5) is 11.4 Å². The van der Waals surface area contributed by atoms with Crippen LogP contribution >= 0.6 is 12.2 Å². The molecule has 9 heteroatoms. The number of thiocarbonyl (C=S) groups is 1. The quantitative estimate of drug-likeness (QED) is 0.312. The van der Waals surface area contributed by atoms with Crippen molar-refractivity contribution in [1.29, 1.82) is 0 Å². The Hall–Kier alpha value is -4.50. The van der Waals surface area contributed by atoms with Crippen LogP contribution in [0, 0.1) is 0 Å². The molecule has 3 N–H and O–H groups in total. The molecule has 2 aromatic carbocycles. The fourth-order valence-electron chi connectivity index (χ4n) is 4.30. The minimum absolute atomic E-state index is 0.149. The minimum Gasteiger partial charge on any atom is -0.478 e. The summed E-state index contributed by atoms with van der Waals surface area (Å²) in [6.07, 6.45) is 1.73. The summed E-state index contributed by atoms with van der Waals surface area (Å²) in [4.78, 5) is 29.3. The molecule has 2 aromatic heterocycles. The van der Waals surface area contributed by atoms with Crippen LogP contribution < -0.4 is 15.5 Å².